The summed E-state index contributed by atoms with van der Waals surface area (Å²) in [5.74, 6) is 1.68. The highest BCUT2D eigenvalue weighted by atomic mass is 35.7. The maximum Gasteiger partial charge on any atom is 0.115 e. The molecule has 1 unspecified atom stereocenters. The van der Waals surface area contributed by atoms with E-state index in [2.05, 4.69) is 0 Å². The second-order valence-electron chi connectivity index (χ2n) is 4.08. The van der Waals surface area contributed by atoms with E-state index in [4.69, 9.17) is 10.7 Å². The Morgan fingerprint density at radius 3 is 2.45 bits per heavy atom. The van der Waals surface area contributed by atoms with Gasteiger partial charge in [0.05, 0.1) is 0 Å². The molecule has 2 saturated carbocycles. The molecule has 2 fully saturated rings. The van der Waals surface area contributed by atoms with Gasteiger partial charge in [0.15, 0.2) is 0 Å². The van der Waals surface area contributed by atoms with Crippen LogP contribution in [0.25, 0.3) is 0 Å². The number of fused-ring (bicyclic) bond motifs is 2. The molecule has 0 spiro atoms. The predicted molar refractivity (Wildman–Crippen MR) is 47.9 cm³/mol. The first-order valence-electron chi connectivity index (χ1n) is 4.25. The highest BCUT2D eigenvalue weighted by Gasteiger charge is 2.45. The van der Waals surface area contributed by atoms with Gasteiger partial charge in [-0.3, -0.25) is 0 Å². The summed E-state index contributed by atoms with van der Waals surface area (Å²) in [5, 5.41) is 0. The van der Waals surface area contributed by atoms with Crippen molar-refractivity contribution in [3.05, 3.63) is 0 Å². The Bertz CT molecular complexity index is 185. The van der Waals surface area contributed by atoms with Crippen LogP contribution in [0.3, 0.4) is 0 Å². The van der Waals surface area contributed by atoms with Crippen molar-refractivity contribution in [3.63, 3.8) is 0 Å². The Labute approximate surface area is 74.5 Å². The van der Waals surface area contributed by atoms with E-state index in [1.165, 1.54) is 32.1 Å². The molecule has 3 heteroatoms. The van der Waals surface area contributed by atoms with E-state index in [9.17, 15) is 4.21 Å². The van der Waals surface area contributed by atoms with Gasteiger partial charge >= 0.3 is 0 Å². The third kappa shape index (κ3) is 1.48. The predicted octanol–water partition coefficient (Wildman–Crippen LogP) is 2.47. The zero-order chi connectivity index (χ0) is 7.90. The maximum absolute atomic E-state index is 10.9. The summed E-state index contributed by atoms with van der Waals surface area (Å²) in [5.41, 5.74) is 0.400. The van der Waals surface area contributed by atoms with Gasteiger partial charge in [-0.15, -0.1) is 0 Å². The highest BCUT2D eigenvalue weighted by Crippen LogP contribution is 2.54. The molecule has 0 heterocycles. The maximum atomic E-state index is 10.9. The molecular weight excluding hydrogens is 180 g/mol. The first kappa shape index (κ1) is 8.06. The summed E-state index contributed by atoms with van der Waals surface area (Å²) < 4.78 is 10.9. The van der Waals surface area contributed by atoms with Crippen molar-refractivity contribution in [1.29, 1.82) is 0 Å². The van der Waals surface area contributed by atoms with Gasteiger partial charge in [0.1, 0.15) is 10.0 Å². The number of halogens is 1. The lowest BCUT2D eigenvalue weighted by molar-refractivity contribution is 0.339. The molecule has 64 valence electrons. The molecule has 0 saturated heterocycles. The van der Waals surface area contributed by atoms with Gasteiger partial charge in [-0.25, -0.2) is 4.21 Å². The van der Waals surface area contributed by atoms with E-state index in [1.807, 2.05) is 0 Å². The van der Waals surface area contributed by atoms with Crippen LogP contribution in [0.1, 0.15) is 32.1 Å². The topological polar surface area (TPSA) is 17.1 Å². The molecule has 2 rings (SSSR count). The van der Waals surface area contributed by atoms with Crippen molar-refractivity contribution in [3.8, 4) is 0 Å². The minimum atomic E-state index is -1.10. The minimum absolute atomic E-state index is 0.400. The molecule has 1 nitrogen and oxygen atoms in total. The van der Waals surface area contributed by atoms with E-state index in [0.29, 0.717) is 5.41 Å². The van der Waals surface area contributed by atoms with Crippen LogP contribution in [0.2, 0.25) is 0 Å². The Balaban J connectivity index is 2.05. The van der Waals surface area contributed by atoms with Crippen LogP contribution in [0, 0.1) is 11.3 Å². The van der Waals surface area contributed by atoms with E-state index in [-0.39, 0.29) is 0 Å². The van der Waals surface area contributed by atoms with Crippen LogP contribution >= 0.6 is 10.7 Å². The molecule has 1 atom stereocenters. The zero-order valence-electron chi connectivity index (χ0n) is 6.51. The van der Waals surface area contributed by atoms with Crippen LogP contribution in [0.5, 0.6) is 0 Å². The van der Waals surface area contributed by atoms with Crippen LogP contribution in [-0.4, -0.2) is 9.96 Å². The summed E-state index contributed by atoms with van der Waals surface area (Å²) in [6.07, 6.45) is 6.56. The van der Waals surface area contributed by atoms with Gasteiger partial charge in [-0.05, 0) is 54.1 Å². The van der Waals surface area contributed by atoms with Crippen LogP contribution in [0.4, 0.5) is 0 Å². The summed E-state index contributed by atoms with van der Waals surface area (Å²) in [6, 6.07) is 0. The molecule has 0 aromatic rings. The summed E-state index contributed by atoms with van der Waals surface area (Å²) in [6.45, 7) is 0. The monoisotopic (exact) mass is 192 g/mol. The SMILES string of the molecule is O=S(Cl)CC12CCC(CC1)C2. The van der Waals surface area contributed by atoms with Gasteiger partial charge in [0.25, 0.3) is 0 Å². The third-order valence-electron chi connectivity index (χ3n) is 3.31. The molecule has 0 radical (unpaired) electrons. The normalized spacial score (nSPS) is 44.6. The molecule has 2 bridgehead atoms. The number of rotatable bonds is 2. The second-order valence-corrected chi connectivity index (χ2v) is 5.98. The van der Waals surface area contributed by atoms with Crippen molar-refractivity contribution in [2.24, 2.45) is 11.3 Å². The van der Waals surface area contributed by atoms with Gasteiger partial charge in [-0.1, -0.05) is 0 Å². The Morgan fingerprint density at radius 2 is 2.09 bits per heavy atom. The molecule has 2 aliphatic carbocycles. The summed E-state index contributed by atoms with van der Waals surface area (Å²) in [7, 11) is 4.42. The lowest BCUT2D eigenvalue weighted by atomic mass is 9.87. The molecule has 0 N–H and O–H groups in total. The molecule has 0 amide bonds. The van der Waals surface area contributed by atoms with Gasteiger partial charge in [0, 0.05) is 5.75 Å². The zero-order valence-corrected chi connectivity index (χ0v) is 8.09. The molecular formula is C8H13ClOS. The van der Waals surface area contributed by atoms with E-state index in [1.54, 1.807) is 0 Å². The van der Waals surface area contributed by atoms with E-state index in [0.717, 1.165) is 11.7 Å². The van der Waals surface area contributed by atoms with Gasteiger partial charge in [0.2, 0.25) is 0 Å². The first-order chi connectivity index (χ1) is 5.20. The average molecular weight is 193 g/mol. The fourth-order valence-corrected chi connectivity index (χ4v) is 4.34. The van der Waals surface area contributed by atoms with Crippen molar-refractivity contribution >= 4 is 20.7 Å². The third-order valence-corrected chi connectivity index (χ3v) is 4.47. The molecule has 11 heavy (non-hydrogen) atoms. The lowest BCUT2D eigenvalue weighted by Crippen LogP contribution is -2.20. The van der Waals surface area contributed by atoms with E-state index >= 15 is 0 Å². The lowest BCUT2D eigenvalue weighted by Gasteiger charge is -2.23. The summed E-state index contributed by atoms with van der Waals surface area (Å²) >= 11 is 0. The number of hydrogen-bond acceptors (Lipinski definition) is 1. The smallest absolute Gasteiger partial charge is 0.115 e. The molecule has 2 aliphatic rings. The van der Waals surface area contributed by atoms with Gasteiger partial charge in [-0.2, -0.15) is 0 Å². The fourth-order valence-electron chi connectivity index (χ4n) is 2.75. The highest BCUT2D eigenvalue weighted by molar-refractivity contribution is 8.08. The quantitative estimate of drug-likeness (QED) is 0.615. The average Bonchev–Trinajstić information content (AvgIpc) is 2.43. The largest absolute Gasteiger partial charge is 0.243 e. The molecule has 0 aliphatic heterocycles. The van der Waals surface area contributed by atoms with E-state index < -0.39 is 10.0 Å². The van der Waals surface area contributed by atoms with Crippen molar-refractivity contribution in [1.82, 2.24) is 0 Å². The van der Waals surface area contributed by atoms with Crippen LogP contribution in [0.15, 0.2) is 0 Å². The van der Waals surface area contributed by atoms with Crippen LogP contribution < -0.4 is 0 Å². The molecule has 0 aromatic heterocycles. The fraction of sp³-hybridized carbons (Fsp3) is 1.00. The van der Waals surface area contributed by atoms with Crippen molar-refractivity contribution < 1.29 is 4.21 Å². The Morgan fingerprint density at radius 1 is 1.45 bits per heavy atom. The second kappa shape index (κ2) is 2.74. The molecule has 0 aromatic carbocycles. The van der Waals surface area contributed by atoms with Crippen molar-refractivity contribution in [2.75, 3.05) is 5.75 Å². The van der Waals surface area contributed by atoms with Gasteiger partial charge < -0.3 is 0 Å². The van der Waals surface area contributed by atoms with Crippen molar-refractivity contribution in [2.45, 2.75) is 32.1 Å². The standard InChI is InChI=1S/C8H13ClOS/c9-11(10)6-8-3-1-7(5-8)2-4-8/h7H,1-6H2. The van der Waals surface area contributed by atoms with Crippen LogP contribution in [-0.2, 0) is 10.0 Å². The number of hydrogen-bond donors (Lipinski definition) is 0. The minimum Gasteiger partial charge on any atom is -0.243 e. The Hall–Kier alpha value is 0.440. The Kier molecular flexibility index (Phi) is 2.00. The summed E-state index contributed by atoms with van der Waals surface area (Å²) in [4.78, 5) is 0. The first-order valence-corrected chi connectivity index (χ1v) is 6.39.